The van der Waals surface area contributed by atoms with Crippen LogP contribution in [0.5, 0.6) is 0 Å². The highest BCUT2D eigenvalue weighted by atomic mass is 32.2. The van der Waals surface area contributed by atoms with Gasteiger partial charge in [-0.15, -0.1) is 16.8 Å². The van der Waals surface area contributed by atoms with E-state index in [2.05, 4.69) is 58.7 Å². The lowest BCUT2D eigenvalue weighted by Gasteiger charge is -2.14. The van der Waals surface area contributed by atoms with Gasteiger partial charge < -0.3 is 14.5 Å². The minimum atomic E-state index is -0.0345. The Balaban J connectivity index is 1.71. The fourth-order valence-electron chi connectivity index (χ4n) is 3.42. The Kier molecular flexibility index (Phi) is 7.52. The van der Waals surface area contributed by atoms with Gasteiger partial charge in [-0.1, -0.05) is 49.9 Å². The first-order valence-corrected chi connectivity index (χ1v) is 11.2. The molecule has 6 nitrogen and oxygen atoms in total. The molecule has 0 bridgehead atoms. The van der Waals surface area contributed by atoms with Crippen LogP contribution >= 0.6 is 11.8 Å². The van der Waals surface area contributed by atoms with Crippen molar-refractivity contribution >= 4 is 23.4 Å². The van der Waals surface area contributed by atoms with Crippen molar-refractivity contribution in [3.05, 3.63) is 71.8 Å². The molecule has 7 heteroatoms. The number of allylic oxidation sites excluding steroid dienone is 1. The zero-order valence-corrected chi connectivity index (χ0v) is 18.7. The molecule has 2 heterocycles. The maximum atomic E-state index is 12.7. The predicted octanol–water partition coefficient (Wildman–Crippen LogP) is 4.25. The Morgan fingerprint density at radius 1 is 1.17 bits per heavy atom. The molecule has 0 aliphatic carbocycles. The quantitative estimate of drug-likeness (QED) is 0.391. The van der Waals surface area contributed by atoms with E-state index in [4.69, 9.17) is 0 Å². The molecule has 3 rings (SSSR count). The molecule has 1 aromatic carbocycles. The predicted molar refractivity (Wildman–Crippen MR) is 123 cm³/mol. The Hall–Kier alpha value is -2.80. The molecule has 0 radical (unpaired) electrons. The van der Waals surface area contributed by atoms with Gasteiger partial charge in [0.2, 0.25) is 5.91 Å². The molecule has 0 aliphatic heterocycles. The number of benzene rings is 1. The van der Waals surface area contributed by atoms with E-state index in [1.807, 2.05) is 36.0 Å². The summed E-state index contributed by atoms with van der Waals surface area (Å²) in [7, 11) is 2.02. The molecule has 0 saturated carbocycles. The van der Waals surface area contributed by atoms with Crippen LogP contribution in [0.1, 0.15) is 36.5 Å². The van der Waals surface area contributed by atoms with E-state index in [9.17, 15) is 4.79 Å². The summed E-state index contributed by atoms with van der Waals surface area (Å²) in [4.78, 5) is 12.7. The highest BCUT2D eigenvalue weighted by Crippen LogP contribution is 2.24. The number of rotatable bonds is 10. The topological polar surface area (TPSA) is 64.7 Å². The van der Waals surface area contributed by atoms with Crippen molar-refractivity contribution in [3.63, 3.8) is 0 Å². The fourth-order valence-corrected chi connectivity index (χ4v) is 4.19. The Bertz CT molecular complexity index is 998. The number of thioether (sulfide) groups is 1. The van der Waals surface area contributed by atoms with E-state index in [-0.39, 0.29) is 11.7 Å². The van der Waals surface area contributed by atoms with Crippen LogP contribution in [0.3, 0.4) is 0 Å². The molecular weight excluding hydrogens is 394 g/mol. The first kappa shape index (κ1) is 21.9. The van der Waals surface area contributed by atoms with Crippen molar-refractivity contribution in [2.75, 3.05) is 11.1 Å². The van der Waals surface area contributed by atoms with E-state index in [0.717, 1.165) is 46.3 Å². The van der Waals surface area contributed by atoms with Gasteiger partial charge in [0.05, 0.1) is 5.75 Å². The third-order valence-corrected chi connectivity index (χ3v) is 6.06. The van der Waals surface area contributed by atoms with Crippen molar-refractivity contribution in [2.45, 2.75) is 44.8 Å². The maximum Gasteiger partial charge on any atom is 0.234 e. The number of nitrogens with zero attached hydrogens (tertiary/aromatic N) is 4. The number of para-hydroxylation sites is 1. The number of aryl methyl sites for hydroxylation is 3. The van der Waals surface area contributed by atoms with Crippen molar-refractivity contribution in [3.8, 4) is 0 Å². The highest BCUT2D eigenvalue weighted by molar-refractivity contribution is 7.99. The van der Waals surface area contributed by atoms with Gasteiger partial charge in [0.25, 0.3) is 0 Å². The summed E-state index contributed by atoms with van der Waals surface area (Å²) in [5.41, 5.74) is 4.43. The van der Waals surface area contributed by atoms with E-state index in [1.165, 1.54) is 11.8 Å². The number of nitrogens with one attached hydrogen (secondary N) is 1. The van der Waals surface area contributed by atoms with Gasteiger partial charge in [-0.25, -0.2) is 0 Å². The molecule has 0 spiro atoms. The molecule has 0 fully saturated rings. The smallest absolute Gasteiger partial charge is 0.234 e. The van der Waals surface area contributed by atoms with Crippen LogP contribution in [0.2, 0.25) is 0 Å². The molecule has 3 aromatic rings. The number of hydrogen-bond acceptors (Lipinski definition) is 4. The Morgan fingerprint density at radius 2 is 1.90 bits per heavy atom. The second-order valence-corrected chi connectivity index (χ2v) is 8.02. The van der Waals surface area contributed by atoms with Crippen LogP contribution in [0.4, 0.5) is 5.69 Å². The summed E-state index contributed by atoms with van der Waals surface area (Å²) >= 11 is 1.40. The van der Waals surface area contributed by atoms with Crippen LogP contribution in [0.15, 0.2) is 54.3 Å². The monoisotopic (exact) mass is 423 g/mol. The van der Waals surface area contributed by atoms with Crippen LogP contribution in [-0.2, 0) is 37.6 Å². The maximum absolute atomic E-state index is 12.7. The standard InChI is InChI=1S/C23H29N5OS/c1-5-13-28-20(15-19-12-9-14-27(19)4)25-26-23(28)30-16-21(29)24-22-17(6-2)10-8-11-18(22)7-3/h5,8-12,14H,1,6-7,13,15-16H2,2-4H3,(H,24,29). The Labute approximate surface area is 182 Å². The first-order chi connectivity index (χ1) is 14.6. The van der Waals surface area contributed by atoms with Gasteiger partial charge in [-0.3, -0.25) is 4.79 Å². The van der Waals surface area contributed by atoms with Crippen LogP contribution in [-0.4, -0.2) is 31.0 Å². The number of anilines is 1. The zero-order valence-electron chi connectivity index (χ0n) is 17.9. The van der Waals surface area contributed by atoms with Crippen LogP contribution in [0, 0.1) is 0 Å². The van der Waals surface area contributed by atoms with Gasteiger partial charge in [-0.2, -0.15) is 0 Å². The van der Waals surface area contributed by atoms with Gasteiger partial charge >= 0.3 is 0 Å². The second-order valence-electron chi connectivity index (χ2n) is 7.08. The van der Waals surface area contributed by atoms with Gasteiger partial charge in [0.15, 0.2) is 5.16 Å². The van der Waals surface area contributed by atoms with Crippen LogP contribution < -0.4 is 5.32 Å². The number of hydrogen-bond donors (Lipinski definition) is 1. The van der Waals surface area contributed by atoms with E-state index < -0.39 is 0 Å². The third kappa shape index (κ3) is 5.02. The van der Waals surface area contributed by atoms with E-state index in [0.29, 0.717) is 13.0 Å². The summed E-state index contributed by atoms with van der Waals surface area (Å²) in [5.74, 6) is 1.11. The molecule has 2 aromatic heterocycles. The minimum absolute atomic E-state index is 0.0345. The van der Waals surface area contributed by atoms with Crippen molar-refractivity contribution < 1.29 is 4.79 Å². The lowest BCUT2D eigenvalue weighted by Crippen LogP contribution is -2.17. The molecule has 0 unspecified atom stereocenters. The number of aromatic nitrogens is 4. The van der Waals surface area contributed by atoms with E-state index in [1.54, 1.807) is 0 Å². The summed E-state index contributed by atoms with van der Waals surface area (Å²) in [6, 6.07) is 10.3. The van der Waals surface area contributed by atoms with Crippen LogP contribution in [0.25, 0.3) is 0 Å². The SMILES string of the molecule is C=CCn1c(Cc2cccn2C)nnc1SCC(=O)Nc1c(CC)cccc1CC. The summed E-state index contributed by atoms with van der Waals surface area (Å²) < 4.78 is 4.10. The zero-order chi connectivity index (χ0) is 21.5. The van der Waals surface area contributed by atoms with Crippen molar-refractivity contribution in [1.29, 1.82) is 0 Å². The fraction of sp³-hybridized carbons (Fsp3) is 0.348. The third-order valence-electron chi connectivity index (χ3n) is 5.09. The summed E-state index contributed by atoms with van der Waals surface area (Å²) in [6.07, 6.45) is 6.29. The number of carbonyl (C=O) groups excluding carboxylic acids is 1. The van der Waals surface area contributed by atoms with Gasteiger partial charge in [-0.05, 0) is 36.1 Å². The molecule has 0 saturated heterocycles. The van der Waals surface area contributed by atoms with Crippen molar-refractivity contribution in [2.24, 2.45) is 7.05 Å². The molecular formula is C23H29N5OS. The molecule has 158 valence electrons. The largest absolute Gasteiger partial charge is 0.354 e. The van der Waals surface area contributed by atoms with E-state index >= 15 is 0 Å². The number of carbonyl (C=O) groups is 1. The number of amides is 1. The molecule has 30 heavy (non-hydrogen) atoms. The Morgan fingerprint density at radius 3 is 2.50 bits per heavy atom. The van der Waals surface area contributed by atoms with Gasteiger partial charge in [0, 0.05) is 37.6 Å². The lowest BCUT2D eigenvalue weighted by molar-refractivity contribution is -0.113. The lowest BCUT2D eigenvalue weighted by atomic mass is 10.0. The minimum Gasteiger partial charge on any atom is -0.354 e. The average molecular weight is 424 g/mol. The first-order valence-electron chi connectivity index (χ1n) is 10.2. The normalized spacial score (nSPS) is 10.9. The molecule has 0 aliphatic rings. The molecule has 1 amide bonds. The van der Waals surface area contributed by atoms with Crippen molar-refractivity contribution in [1.82, 2.24) is 19.3 Å². The summed E-state index contributed by atoms with van der Waals surface area (Å²) in [6.45, 7) is 8.66. The molecule has 0 atom stereocenters. The average Bonchev–Trinajstić information content (AvgIpc) is 3.33. The van der Waals surface area contributed by atoms with Gasteiger partial charge in [0.1, 0.15) is 5.82 Å². The molecule has 1 N–H and O–H groups in total. The second kappa shape index (κ2) is 10.3. The highest BCUT2D eigenvalue weighted by Gasteiger charge is 2.16. The summed E-state index contributed by atoms with van der Waals surface area (Å²) in [5, 5.41) is 12.5.